The number of rotatable bonds is 4. The molecule has 0 aromatic carbocycles. The Kier molecular flexibility index (Phi) is 3.79. The normalized spacial score (nSPS) is 10.7. The van der Waals surface area contributed by atoms with Crippen LogP contribution >= 0.6 is 12.2 Å². The number of carbonyl (C=O) groups is 1. The van der Waals surface area contributed by atoms with Gasteiger partial charge in [0, 0.05) is 31.6 Å². The predicted octanol–water partition coefficient (Wildman–Crippen LogP) is 2.36. The van der Waals surface area contributed by atoms with E-state index in [9.17, 15) is 4.79 Å². The molecule has 2 N–H and O–H groups in total. The third kappa shape index (κ3) is 3.00. The molecular weight excluding hydrogens is 284 g/mol. The van der Waals surface area contributed by atoms with Crippen molar-refractivity contribution in [3.8, 4) is 0 Å². The molecule has 106 valence electrons. The molecule has 3 aromatic heterocycles. The fourth-order valence-corrected chi connectivity index (χ4v) is 2.34. The average Bonchev–Trinajstić information content (AvgIpc) is 2.90. The lowest BCUT2D eigenvalue weighted by molar-refractivity contribution is 0.0953. The molecule has 0 saturated heterocycles. The minimum Gasteiger partial charge on any atom is -0.352 e. The Labute approximate surface area is 126 Å². The first kappa shape index (κ1) is 13.5. The molecule has 6 heteroatoms. The van der Waals surface area contributed by atoms with Gasteiger partial charge in [0.15, 0.2) is 0 Å². The number of fused-ring (bicyclic) bond motifs is 1. The predicted molar refractivity (Wildman–Crippen MR) is 82.9 cm³/mol. The van der Waals surface area contributed by atoms with E-state index in [1.807, 2.05) is 35.0 Å². The number of carbonyl (C=O) groups excluding carboxylic acids is 1. The molecular formula is C15H14N4OS. The summed E-state index contributed by atoms with van der Waals surface area (Å²) in [4.78, 5) is 19.3. The SMILES string of the molecule is O=C(NCCc1cn2ccccc2n1)c1ccc[nH]c1=S. The van der Waals surface area contributed by atoms with E-state index in [2.05, 4.69) is 15.3 Å². The van der Waals surface area contributed by atoms with Crippen LogP contribution in [0.2, 0.25) is 0 Å². The van der Waals surface area contributed by atoms with Crippen LogP contribution < -0.4 is 5.32 Å². The van der Waals surface area contributed by atoms with Crippen LogP contribution in [0.5, 0.6) is 0 Å². The van der Waals surface area contributed by atoms with Gasteiger partial charge >= 0.3 is 0 Å². The lowest BCUT2D eigenvalue weighted by atomic mass is 10.2. The van der Waals surface area contributed by atoms with Gasteiger partial charge in [-0.15, -0.1) is 0 Å². The number of hydrogen-bond acceptors (Lipinski definition) is 3. The van der Waals surface area contributed by atoms with E-state index in [1.54, 1.807) is 18.3 Å². The molecule has 0 aliphatic heterocycles. The van der Waals surface area contributed by atoms with Crippen LogP contribution in [0.15, 0.2) is 48.9 Å². The summed E-state index contributed by atoms with van der Waals surface area (Å²) in [5, 5.41) is 2.86. The summed E-state index contributed by atoms with van der Waals surface area (Å²) in [6.45, 7) is 0.520. The number of hydrogen-bond donors (Lipinski definition) is 2. The fraction of sp³-hybridized carbons (Fsp3) is 0.133. The monoisotopic (exact) mass is 298 g/mol. The average molecular weight is 298 g/mol. The van der Waals surface area contributed by atoms with Gasteiger partial charge in [0.2, 0.25) is 0 Å². The highest BCUT2D eigenvalue weighted by Crippen LogP contribution is 2.05. The number of pyridine rings is 2. The van der Waals surface area contributed by atoms with Crippen molar-refractivity contribution in [2.75, 3.05) is 6.54 Å². The highest BCUT2D eigenvalue weighted by atomic mass is 32.1. The Bertz CT molecular complexity index is 804. The van der Waals surface area contributed by atoms with Crippen molar-refractivity contribution in [1.82, 2.24) is 19.7 Å². The number of H-pyrrole nitrogens is 1. The fourth-order valence-electron chi connectivity index (χ4n) is 2.11. The maximum Gasteiger partial charge on any atom is 0.254 e. The molecule has 5 nitrogen and oxygen atoms in total. The number of aromatic nitrogens is 3. The molecule has 0 aliphatic carbocycles. The van der Waals surface area contributed by atoms with E-state index >= 15 is 0 Å². The second-order valence-electron chi connectivity index (χ2n) is 4.62. The molecule has 3 rings (SSSR count). The Morgan fingerprint density at radius 1 is 1.33 bits per heavy atom. The third-order valence-corrected chi connectivity index (χ3v) is 3.48. The van der Waals surface area contributed by atoms with Crippen LogP contribution in [0.3, 0.4) is 0 Å². The van der Waals surface area contributed by atoms with Crippen LogP contribution in [0.1, 0.15) is 16.1 Å². The zero-order valence-electron chi connectivity index (χ0n) is 11.2. The second-order valence-corrected chi connectivity index (χ2v) is 5.03. The largest absolute Gasteiger partial charge is 0.352 e. The zero-order chi connectivity index (χ0) is 14.7. The van der Waals surface area contributed by atoms with Crippen molar-refractivity contribution < 1.29 is 4.79 Å². The van der Waals surface area contributed by atoms with E-state index in [4.69, 9.17) is 12.2 Å². The Hall–Kier alpha value is -2.47. The van der Waals surface area contributed by atoms with E-state index in [0.29, 0.717) is 23.2 Å². The standard InChI is InChI=1S/C15H14N4OS/c20-14(12-4-3-7-17-15(12)21)16-8-6-11-10-19-9-2-1-5-13(19)18-11/h1-5,7,9-10H,6,8H2,(H,16,20)(H,17,21). The van der Waals surface area contributed by atoms with E-state index in [-0.39, 0.29) is 5.91 Å². The van der Waals surface area contributed by atoms with Gasteiger partial charge in [0.1, 0.15) is 10.3 Å². The zero-order valence-corrected chi connectivity index (χ0v) is 12.1. The van der Waals surface area contributed by atoms with Gasteiger partial charge in [-0.3, -0.25) is 4.79 Å². The van der Waals surface area contributed by atoms with Crippen molar-refractivity contribution in [2.45, 2.75) is 6.42 Å². The first-order valence-corrected chi connectivity index (χ1v) is 7.03. The minimum absolute atomic E-state index is 0.166. The molecule has 0 unspecified atom stereocenters. The molecule has 3 aromatic rings. The van der Waals surface area contributed by atoms with Crippen LogP contribution in [0.25, 0.3) is 5.65 Å². The van der Waals surface area contributed by atoms with Gasteiger partial charge in [-0.1, -0.05) is 18.3 Å². The van der Waals surface area contributed by atoms with Crippen molar-refractivity contribution in [3.63, 3.8) is 0 Å². The molecule has 0 atom stereocenters. The number of nitrogens with zero attached hydrogens (tertiary/aromatic N) is 2. The van der Waals surface area contributed by atoms with Crippen LogP contribution in [-0.4, -0.2) is 26.8 Å². The van der Waals surface area contributed by atoms with Gasteiger partial charge in [0.05, 0.1) is 11.3 Å². The minimum atomic E-state index is -0.166. The van der Waals surface area contributed by atoms with Crippen molar-refractivity contribution in [1.29, 1.82) is 0 Å². The summed E-state index contributed by atoms with van der Waals surface area (Å²) in [6, 6.07) is 9.32. The number of imidazole rings is 1. The Morgan fingerprint density at radius 3 is 3.05 bits per heavy atom. The van der Waals surface area contributed by atoms with Gasteiger partial charge < -0.3 is 14.7 Å². The molecule has 0 aliphatic rings. The molecule has 0 saturated carbocycles. The Morgan fingerprint density at radius 2 is 2.24 bits per heavy atom. The molecule has 0 fully saturated rings. The van der Waals surface area contributed by atoms with E-state index in [0.717, 1.165) is 11.3 Å². The van der Waals surface area contributed by atoms with Crippen molar-refractivity contribution in [2.24, 2.45) is 0 Å². The third-order valence-electron chi connectivity index (χ3n) is 3.14. The summed E-state index contributed by atoms with van der Waals surface area (Å²) >= 11 is 5.08. The molecule has 0 bridgehead atoms. The van der Waals surface area contributed by atoms with Gasteiger partial charge in [-0.2, -0.15) is 0 Å². The molecule has 0 spiro atoms. The maximum atomic E-state index is 12.0. The highest BCUT2D eigenvalue weighted by molar-refractivity contribution is 7.71. The first-order valence-electron chi connectivity index (χ1n) is 6.62. The molecule has 1 amide bonds. The summed E-state index contributed by atoms with van der Waals surface area (Å²) in [6.07, 6.45) is 6.30. The molecule has 0 radical (unpaired) electrons. The quantitative estimate of drug-likeness (QED) is 0.727. The summed E-state index contributed by atoms with van der Waals surface area (Å²) in [5.74, 6) is -0.166. The maximum absolute atomic E-state index is 12.0. The summed E-state index contributed by atoms with van der Waals surface area (Å²) in [5.41, 5.74) is 2.34. The van der Waals surface area contributed by atoms with E-state index < -0.39 is 0 Å². The first-order chi connectivity index (χ1) is 10.2. The summed E-state index contributed by atoms with van der Waals surface area (Å²) < 4.78 is 2.41. The van der Waals surface area contributed by atoms with Crippen molar-refractivity contribution >= 4 is 23.8 Å². The smallest absolute Gasteiger partial charge is 0.254 e. The van der Waals surface area contributed by atoms with Crippen LogP contribution in [-0.2, 0) is 6.42 Å². The number of amides is 1. The van der Waals surface area contributed by atoms with Gasteiger partial charge in [-0.05, 0) is 24.3 Å². The van der Waals surface area contributed by atoms with Crippen LogP contribution in [0, 0.1) is 4.64 Å². The lowest BCUT2D eigenvalue weighted by Gasteiger charge is -2.03. The van der Waals surface area contributed by atoms with Crippen LogP contribution in [0.4, 0.5) is 0 Å². The number of nitrogens with one attached hydrogen (secondary N) is 2. The lowest BCUT2D eigenvalue weighted by Crippen LogP contribution is -2.26. The van der Waals surface area contributed by atoms with Crippen molar-refractivity contribution in [3.05, 3.63) is 64.8 Å². The highest BCUT2D eigenvalue weighted by Gasteiger charge is 2.07. The molecule has 3 heterocycles. The second kappa shape index (κ2) is 5.88. The Balaban J connectivity index is 1.62. The van der Waals surface area contributed by atoms with Gasteiger partial charge in [-0.25, -0.2) is 4.98 Å². The van der Waals surface area contributed by atoms with E-state index in [1.165, 1.54) is 0 Å². The summed E-state index contributed by atoms with van der Waals surface area (Å²) in [7, 11) is 0. The number of aromatic amines is 1. The molecule has 21 heavy (non-hydrogen) atoms. The van der Waals surface area contributed by atoms with Gasteiger partial charge in [0.25, 0.3) is 5.91 Å². The topological polar surface area (TPSA) is 62.2 Å².